The molecule has 122 valence electrons. The van der Waals surface area contributed by atoms with Crippen molar-refractivity contribution in [1.29, 1.82) is 0 Å². The lowest BCUT2D eigenvalue weighted by molar-refractivity contribution is 0.206. The van der Waals surface area contributed by atoms with Crippen LogP contribution in [-0.4, -0.2) is 31.6 Å². The van der Waals surface area contributed by atoms with Crippen LogP contribution in [-0.2, 0) is 6.42 Å². The van der Waals surface area contributed by atoms with E-state index in [1.165, 1.54) is 56.4 Å². The number of benzene rings is 2. The number of hydrogen-bond donors (Lipinski definition) is 0. The number of likely N-dealkylation sites (tertiary alicyclic amines) is 1. The van der Waals surface area contributed by atoms with Crippen LogP contribution in [0.3, 0.4) is 0 Å². The van der Waals surface area contributed by atoms with Crippen LogP contribution in [0.15, 0.2) is 54.6 Å². The summed E-state index contributed by atoms with van der Waals surface area (Å²) in [5, 5.41) is 0. The third-order valence-corrected chi connectivity index (χ3v) is 4.85. The Balaban J connectivity index is 1.51. The van der Waals surface area contributed by atoms with Crippen LogP contribution in [0.5, 0.6) is 5.75 Å². The van der Waals surface area contributed by atoms with Gasteiger partial charge in [-0.15, -0.1) is 0 Å². The third kappa shape index (κ3) is 4.59. The number of aryl methyl sites for hydroxylation is 1. The van der Waals surface area contributed by atoms with Gasteiger partial charge in [0.05, 0.1) is 7.11 Å². The molecular formula is C21H27NO. The number of hydrogen-bond acceptors (Lipinski definition) is 2. The van der Waals surface area contributed by atoms with E-state index in [0.717, 1.165) is 5.75 Å². The van der Waals surface area contributed by atoms with E-state index in [9.17, 15) is 0 Å². The summed E-state index contributed by atoms with van der Waals surface area (Å²) in [6.07, 6.45) is 5.02. The van der Waals surface area contributed by atoms with Crippen molar-refractivity contribution < 1.29 is 4.74 Å². The van der Waals surface area contributed by atoms with E-state index in [1.807, 2.05) is 6.07 Å². The predicted molar refractivity (Wildman–Crippen MR) is 96.2 cm³/mol. The minimum absolute atomic E-state index is 0.649. The van der Waals surface area contributed by atoms with Gasteiger partial charge in [-0.1, -0.05) is 42.5 Å². The summed E-state index contributed by atoms with van der Waals surface area (Å²) in [7, 11) is 1.75. The van der Waals surface area contributed by atoms with Crippen molar-refractivity contribution in [2.75, 3.05) is 26.7 Å². The summed E-state index contributed by atoms with van der Waals surface area (Å²) in [5.74, 6) is 1.62. The van der Waals surface area contributed by atoms with Crippen LogP contribution in [0, 0.1) is 0 Å². The molecule has 3 rings (SSSR count). The van der Waals surface area contributed by atoms with Gasteiger partial charge < -0.3 is 9.64 Å². The van der Waals surface area contributed by atoms with Crippen molar-refractivity contribution >= 4 is 0 Å². The summed E-state index contributed by atoms with van der Waals surface area (Å²) in [6.45, 7) is 3.63. The molecule has 0 spiro atoms. The molecule has 2 nitrogen and oxygen atoms in total. The van der Waals surface area contributed by atoms with Crippen LogP contribution >= 0.6 is 0 Å². The second kappa shape index (κ2) is 8.16. The number of piperidine rings is 1. The lowest BCUT2D eigenvalue weighted by Gasteiger charge is -2.33. The first-order chi connectivity index (χ1) is 11.3. The molecule has 0 aliphatic carbocycles. The van der Waals surface area contributed by atoms with Gasteiger partial charge in [-0.05, 0) is 68.0 Å². The quantitative estimate of drug-likeness (QED) is 0.778. The molecule has 1 fully saturated rings. The molecule has 0 saturated carbocycles. The number of rotatable bonds is 6. The molecule has 1 aliphatic rings. The second-order valence-electron chi connectivity index (χ2n) is 6.51. The van der Waals surface area contributed by atoms with E-state index in [2.05, 4.69) is 53.4 Å². The van der Waals surface area contributed by atoms with Crippen LogP contribution < -0.4 is 4.74 Å². The average Bonchev–Trinajstić information content (AvgIpc) is 2.63. The highest BCUT2D eigenvalue weighted by Gasteiger charge is 2.21. The van der Waals surface area contributed by atoms with Gasteiger partial charge in [-0.3, -0.25) is 0 Å². The Labute approximate surface area is 140 Å². The third-order valence-electron chi connectivity index (χ3n) is 4.85. The Bertz CT molecular complexity index is 596. The van der Waals surface area contributed by atoms with Gasteiger partial charge in [0.2, 0.25) is 0 Å². The summed E-state index contributed by atoms with van der Waals surface area (Å²) in [6, 6.07) is 19.4. The fraction of sp³-hybridized carbons (Fsp3) is 0.429. The Kier molecular flexibility index (Phi) is 5.71. The summed E-state index contributed by atoms with van der Waals surface area (Å²) < 4.78 is 5.37. The molecule has 0 radical (unpaired) electrons. The van der Waals surface area contributed by atoms with Gasteiger partial charge in [0.1, 0.15) is 5.75 Å². The number of nitrogens with zero attached hydrogens (tertiary/aromatic N) is 1. The number of ether oxygens (including phenoxy) is 1. The highest BCUT2D eigenvalue weighted by atomic mass is 16.5. The molecule has 1 atom stereocenters. The molecular weight excluding hydrogens is 282 g/mol. The molecule has 0 N–H and O–H groups in total. The maximum Gasteiger partial charge on any atom is 0.119 e. The highest BCUT2D eigenvalue weighted by molar-refractivity contribution is 5.31. The van der Waals surface area contributed by atoms with Crippen molar-refractivity contribution in [3.63, 3.8) is 0 Å². The lowest BCUT2D eigenvalue weighted by atomic mass is 9.90. The molecule has 1 aliphatic heterocycles. The van der Waals surface area contributed by atoms with E-state index < -0.39 is 0 Å². The zero-order valence-corrected chi connectivity index (χ0v) is 14.1. The molecule has 0 amide bonds. The number of methoxy groups -OCH3 is 1. The van der Waals surface area contributed by atoms with Gasteiger partial charge in [-0.25, -0.2) is 0 Å². The van der Waals surface area contributed by atoms with Gasteiger partial charge in [0.15, 0.2) is 0 Å². The van der Waals surface area contributed by atoms with Gasteiger partial charge in [0.25, 0.3) is 0 Å². The van der Waals surface area contributed by atoms with Crippen molar-refractivity contribution in [3.8, 4) is 5.75 Å². The van der Waals surface area contributed by atoms with E-state index in [0.29, 0.717) is 5.92 Å². The minimum Gasteiger partial charge on any atom is -0.497 e. The zero-order valence-electron chi connectivity index (χ0n) is 14.1. The smallest absolute Gasteiger partial charge is 0.119 e. The van der Waals surface area contributed by atoms with Crippen LogP contribution in [0.4, 0.5) is 0 Å². The Hall–Kier alpha value is -1.80. The predicted octanol–water partition coefficient (Wildman–Crippen LogP) is 4.51. The van der Waals surface area contributed by atoms with E-state index in [4.69, 9.17) is 4.74 Å². The van der Waals surface area contributed by atoms with Crippen molar-refractivity contribution in [2.45, 2.75) is 31.6 Å². The summed E-state index contributed by atoms with van der Waals surface area (Å²) >= 11 is 0. The first kappa shape index (κ1) is 16.1. The Morgan fingerprint density at radius 2 is 1.96 bits per heavy atom. The molecule has 0 bridgehead atoms. The second-order valence-corrected chi connectivity index (χ2v) is 6.51. The van der Waals surface area contributed by atoms with Crippen LogP contribution in [0.25, 0.3) is 0 Å². The first-order valence-corrected chi connectivity index (χ1v) is 8.75. The van der Waals surface area contributed by atoms with E-state index >= 15 is 0 Å². The first-order valence-electron chi connectivity index (χ1n) is 8.75. The van der Waals surface area contributed by atoms with Crippen LogP contribution in [0.1, 0.15) is 36.3 Å². The topological polar surface area (TPSA) is 12.5 Å². The largest absolute Gasteiger partial charge is 0.497 e. The van der Waals surface area contributed by atoms with Gasteiger partial charge >= 0.3 is 0 Å². The molecule has 0 aromatic heterocycles. The van der Waals surface area contributed by atoms with Crippen molar-refractivity contribution in [2.24, 2.45) is 0 Å². The molecule has 23 heavy (non-hydrogen) atoms. The van der Waals surface area contributed by atoms with E-state index in [-0.39, 0.29) is 0 Å². The standard InChI is InChI=1S/C21H27NO/c1-23-21-13-5-11-19(16-21)20-12-7-15-22(17-20)14-6-10-18-8-3-2-4-9-18/h2-5,8-9,11,13,16,20H,6-7,10,12,14-15,17H2,1H3/t20-/m0/s1. The van der Waals surface area contributed by atoms with Crippen molar-refractivity contribution in [3.05, 3.63) is 65.7 Å². The lowest BCUT2D eigenvalue weighted by Crippen LogP contribution is -2.35. The molecule has 1 saturated heterocycles. The normalized spacial score (nSPS) is 18.7. The van der Waals surface area contributed by atoms with Crippen molar-refractivity contribution in [1.82, 2.24) is 4.90 Å². The zero-order chi connectivity index (χ0) is 15.9. The molecule has 0 unspecified atom stereocenters. The maximum atomic E-state index is 5.37. The average molecular weight is 309 g/mol. The molecule has 2 aromatic carbocycles. The highest BCUT2D eigenvalue weighted by Crippen LogP contribution is 2.29. The minimum atomic E-state index is 0.649. The molecule has 1 heterocycles. The summed E-state index contributed by atoms with van der Waals surface area (Å²) in [5.41, 5.74) is 2.88. The molecule has 2 heteroatoms. The SMILES string of the molecule is COc1cccc([C@H]2CCCN(CCCc3ccccc3)C2)c1. The van der Waals surface area contributed by atoms with Crippen LogP contribution in [0.2, 0.25) is 0 Å². The van der Waals surface area contributed by atoms with Gasteiger partial charge in [-0.2, -0.15) is 0 Å². The Morgan fingerprint density at radius 1 is 1.09 bits per heavy atom. The molecule has 2 aromatic rings. The summed E-state index contributed by atoms with van der Waals surface area (Å²) in [4.78, 5) is 2.64. The monoisotopic (exact) mass is 309 g/mol. The fourth-order valence-corrected chi connectivity index (χ4v) is 3.58. The van der Waals surface area contributed by atoms with E-state index in [1.54, 1.807) is 7.11 Å². The fourth-order valence-electron chi connectivity index (χ4n) is 3.58. The Morgan fingerprint density at radius 3 is 2.78 bits per heavy atom. The van der Waals surface area contributed by atoms with Gasteiger partial charge in [0, 0.05) is 6.54 Å². The maximum absolute atomic E-state index is 5.37.